The van der Waals surface area contributed by atoms with Crippen molar-refractivity contribution in [1.29, 1.82) is 0 Å². The summed E-state index contributed by atoms with van der Waals surface area (Å²) in [5, 5.41) is 0. The highest BCUT2D eigenvalue weighted by atomic mass is 19.4. The van der Waals surface area contributed by atoms with Gasteiger partial charge in [0.1, 0.15) is 0 Å². The van der Waals surface area contributed by atoms with Crippen LogP contribution >= 0.6 is 0 Å². The van der Waals surface area contributed by atoms with Gasteiger partial charge in [0.2, 0.25) is 0 Å². The molecule has 0 amide bonds. The van der Waals surface area contributed by atoms with Gasteiger partial charge in [-0.3, -0.25) is 9.53 Å². The first-order chi connectivity index (χ1) is 7.90. The molecule has 0 aliphatic carbocycles. The molecule has 0 bridgehead atoms. The Morgan fingerprint density at radius 2 is 1.88 bits per heavy atom. The molecule has 1 unspecified atom stereocenters. The number of hydrogen-bond donors (Lipinski definition) is 0. The van der Waals surface area contributed by atoms with E-state index in [-0.39, 0.29) is 12.2 Å². The van der Waals surface area contributed by atoms with Gasteiger partial charge in [-0.05, 0) is 6.42 Å². The Morgan fingerprint density at radius 1 is 1.29 bits per heavy atom. The van der Waals surface area contributed by atoms with Crippen molar-refractivity contribution < 1.29 is 22.7 Å². The van der Waals surface area contributed by atoms with Crippen LogP contribution in [0.15, 0.2) is 30.3 Å². The average molecular weight is 246 g/mol. The molecular weight excluding hydrogens is 233 g/mol. The van der Waals surface area contributed by atoms with Crippen molar-refractivity contribution >= 4 is 5.78 Å². The lowest BCUT2D eigenvalue weighted by Gasteiger charge is -2.11. The van der Waals surface area contributed by atoms with Gasteiger partial charge in [-0.2, -0.15) is 0 Å². The van der Waals surface area contributed by atoms with E-state index < -0.39 is 18.9 Å². The highest BCUT2D eigenvalue weighted by molar-refractivity contribution is 5.97. The molecule has 17 heavy (non-hydrogen) atoms. The quantitative estimate of drug-likeness (QED) is 0.744. The molecule has 2 nitrogen and oxygen atoms in total. The SMILES string of the molecule is CC(CCOC(F)(F)F)C(=O)c1ccccc1. The molecule has 1 aromatic rings. The fourth-order valence-electron chi connectivity index (χ4n) is 1.37. The summed E-state index contributed by atoms with van der Waals surface area (Å²) in [5.41, 5.74) is 0.506. The fraction of sp³-hybridized carbons (Fsp3) is 0.417. The molecule has 0 aliphatic heterocycles. The zero-order valence-electron chi connectivity index (χ0n) is 9.33. The second kappa shape index (κ2) is 5.82. The van der Waals surface area contributed by atoms with Crippen LogP contribution in [0.25, 0.3) is 0 Å². The standard InChI is InChI=1S/C12H13F3O2/c1-9(7-8-17-12(13,14)15)11(16)10-5-3-2-4-6-10/h2-6,9H,7-8H2,1H3. The van der Waals surface area contributed by atoms with Crippen LogP contribution in [0.1, 0.15) is 23.7 Å². The molecule has 0 saturated heterocycles. The minimum atomic E-state index is -4.63. The molecule has 1 aromatic carbocycles. The topological polar surface area (TPSA) is 26.3 Å². The van der Waals surface area contributed by atoms with E-state index in [0.29, 0.717) is 5.56 Å². The van der Waals surface area contributed by atoms with Crippen LogP contribution in [0.3, 0.4) is 0 Å². The highest BCUT2D eigenvalue weighted by Crippen LogP contribution is 2.18. The van der Waals surface area contributed by atoms with E-state index in [1.807, 2.05) is 0 Å². The average Bonchev–Trinajstić information content (AvgIpc) is 2.27. The van der Waals surface area contributed by atoms with Gasteiger partial charge >= 0.3 is 6.36 Å². The summed E-state index contributed by atoms with van der Waals surface area (Å²) < 4.78 is 38.8. The number of ketones is 1. The summed E-state index contributed by atoms with van der Waals surface area (Å²) in [7, 11) is 0. The summed E-state index contributed by atoms with van der Waals surface area (Å²) >= 11 is 0. The predicted octanol–water partition coefficient (Wildman–Crippen LogP) is 3.43. The minimum absolute atomic E-state index is 0.0488. The molecule has 0 radical (unpaired) electrons. The van der Waals surface area contributed by atoms with Gasteiger partial charge in [0.25, 0.3) is 0 Å². The zero-order valence-corrected chi connectivity index (χ0v) is 9.33. The minimum Gasteiger partial charge on any atom is -0.294 e. The molecule has 0 saturated carbocycles. The van der Waals surface area contributed by atoms with Crippen molar-refractivity contribution in [3.63, 3.8) is 0 Å². The van der Waals surface area contributed by atoms with Gasteiger partial charge in [0.15, 0.2) is 5.78 Å². The van der Waals surface area contributed by atoms with Gasteiger partial charge in [0.05, 0.1) is 6.61 Å². The van der Waals surface area contributed by atoms with E-state index in [1.54, 1.807) is 37.3 Å². The second-order valence-electron chi connectivity index (χ2n) is 3.71. The Labute approximate surface area is 97.4 Å². The van der Waals surface area contributed by atoms with E-state index in [4.69, 9.17) is 0 Å². The Hall–Kier alpha value is -1.36. The van der Waals surface area contributed by atoms with Crippen molar-refractivity contribution in [2.24, 2.45) is 5.92 Å². The largest absolute Gasteiger partial charge is 0.522 e. The number of alkyl halides is 3. The molecular formula is C12H13F3O2. The van der Waals surface area contributed by atoms with Gasteiger partial charge in [-0.25, -0.2) is 0 Å². The first-order valence-electron chi connectivity index (χ1n) is 5.20. The number of rotatable bonds is 5. The number of hydrogen-bond acceptors (Lipinski definition) is 2. The summed E-state index contributed by atoms with van der Waals surface area (Å²) in [5.74, 6) is -0.656. The van der Waals surface area contributed by atoms with Crippen molar-refractivity contribution in [1.82, 2.24) is 0 Å². The number of ether oxygens (including phenoxy) is 1. The van der Waals surface area contributed by atoms with E-state index in [1.165, 1.54) is 0 Å². The lowest BCUT2D eigenvalue weighted by atomic mass is 9.97. The highest BCUT2D eigenvalue weighted by Gasteiger charge is 2.29. The second-order valence-corrected chi connectivity index (χ2v) is 3.71. The van der Waals surface area contributed by atoms with E-state index in [2.05, 4.69) is 4.74 Å². The maximum Gasteiger partial charge on any atom is 0.522 e. The maximum atomic E-state index is 11.8. The van der Waals surface area contributed by atoms with Crippen LogP contribution < -0.4 is 0 Å². The van der Waals surface area contributed by atoms with Gasteiger partial charge < -0.3 is 0 Å². The Kier molecular flexibility index (Phi) is 4.69. The van der Waals surface area contributed by atoms with E-state index >= 15 is 0 Å². The smallest absolute Gasteiger partial charge is 0.294 e. The molecule has 0 aromatic heterocycles. The molecule has 0 fully saturated rings. The fourth-order valence-corrected chi connectivity index (χ4v) is 1.37. The van der Waals surface area contributed by atoms with Crippen molar-refractivity contribution in [2.75, 3.05) is 6.61 Å². The molecule has 0 N–H and O–H groups in total. The summed E-state index contributed by atoms with van der Waals surface area (Å²) in [4.78, 5) is 11.8. The summed E-state index contributed by atoms with van der Waals surface area (Å²) in [6, 6.07) is 8.49. The molecule has 0 spiro atoms. The van der Waals surface area contributed by atoms with Crippen LogP contribution in [0.5, 0.6) is 0 Å². The van der Waals surface area contributed by atoms with Crippen molar-refractivity contribution in [3.05, 3.63) is 35.9 Å². The Morgan fingerprint density at radius 3 is 2.41 bits per heavy atom. The van der Waals surface area contributed by atoms with Gasteiger partial charge in [-0.1, -0.05) is 37.3 Å². The number of halogens is 3. The third-order valence-corrected chi connectivity index (χ3v) is 2.32. The van der Waals surface area contributed by atoms with Crippen LogP contribution in [-0.2, 0) is 4.74 Å². The number of carbonyl (C=O) groups excluding carboxylic acids is 1. The van der Waals surface area contributed by atoms with Gasteiger partial charge in [0, 0.05) is 11.5 Å². The van der Waals surface area contributed by atoms with E-state index in [0.717, 1.165) is 0 Å². The zero-order chi connectivity index (χ0) is 12.9. The van der Waals surface area contributed by atoms with E-state index in [9.17, 15) is 18.0 Å². The molecule has 5 heteroatoms. The van der Waals surface area contributed by atoms with Crippen LogP contribution in [0.4, 0.5) is 13.2 Å². The molecule has 0 aliphatic rings. The number of benzene rings is 1. The molecule has 1 atom stereocenters. The normalized spacial score (nSPS) is 13.4. The first-order valence-corrected chi connectivity index (χ1v) is 5.20. The maximum absolute atomic E-state index is 11.8. The lowest BCUT2D eigenvalue weighted by molar-refractivity contribution is -0.325. The summed E-state index contributed by atoms with van der Waals surface area (Å²) in [6.45, 7) is 1.10. The predicted molar refractivity (Wildman–Crippen MR) is 56.6 cm³/mol. The van der Waals surface area contributed by atoms with Crippen LogP contribution in [0, 0.1) is 5.92 Å². The molecule has 1 rings (SSSR count). The van der Waals surface area contributed by atoms with Crippen molar-refractivity contribution in [2.45, 2.75) is 19.7 Å². The van der Waals surface area contributed by atoms with Crippen molar-refractivity contribution in [3.8, 4) is 0 Å². The van der Waals surface area contributed by atoms with Crippen LogP contribution in [0.2, 0.25) is 0 Å². The third-order valence-electron chi connectivity index (χ3n) is 2.32. The lowest BCUT2D eigenvalue weighted by Crippen LogP contribution is -2.18. The van der Waals surface area contributed by atoms with Crippen LogP contribution in [-0.4, -0.2) is 18.8 Å². The monoisotopic (exact) mass is 246 g/mol. The number of carbonyl (C=O) groups is 1. The Bertz CT molecular complexity index is 360. The summed E-state index contributed by atoms with van der Waals surface area (Å²) in [6.07, 6.45) is -4.58. The molecule has 94 valence electrons. The number of Topliss-reactive ketones (excluding diaryl/α,β-unsaturated/α-hetero) is 1. The first kappa shape index (κ1) is 13.7. The third kappa shape index (κ3) is 4.99. The Balaban J connectivity index is 2.43. The molecule has 0 heterocycles. The van der Waals surface area contributed by atoms with Gasteiger partial charge in [-0.15, -0.1) is 13.2 Å².